The number of nitrogens with one attached hydrogen (secondary N) is 2. The molecule has 0 saturated carbocycles. The maximum atomic E-state index is 11.2. The first-order valence-corrected chi connectivity index (χ1v) is 4.72. The molecule has 66 valence electrons. The molecule has 0 aliphatic carbocycles. The Kier molecular flexibility index (Phi) is 3.25. The van der Waals surface area contributed by atoms with Crippen LogP contribution < -0.4 is 10.9 Å². The highest BCUT2D eigenvalue weighted by Crippen LogP contribution is 2.04. The molecule has 0 aliphatic rings. The van der Waals surface area contributed by atoms with E-state index >= 15 is 0 Å². The van der Waals surface area contributed by atoms with Gasteiger partial charge in [-0.2, -0.15) is 11.3 Å². The molecule has 1 aromatic rings. The van der Waals surface area contributed by atoms with Gasteiger partial charge >= 0.3 is 0 Å². The lowest BCUT2D eigenvalue weighted by atomic mass is 10.3. The summed E-state index contributed by atoms with van der Waals surface area (Å²) in [7, 11) is 0. The average Bonchev–Trinajstić information content (AvgIpc) is 2.51. The Balaban J connectivity index is 2.40. The second-order valence-electron chi connectivity index (χ2n) is 2.77. The van der Waals surface area contributed by atoms with Gasteiger partial charge in [0, 0.05) is 11.4 Å². The molecule has 1 rings (SSSR count). The van der Waals surface area contributed by atoms with Crippen molar-refractivity contribution in [3.63, 3.8) is 0 Å². The molecule has 0 unspecified atom stereocenters. The Hall–Kier alpha value is -0.870. The fourth-order valence-electron chi connectivity index (χ4n) is 0.676. The van der Waals surface area contributed by atoms with E-state index in [9.17, 15) is 4.79 Å². The second-order valence-corrected chi connectivity index (χ2v) is 3.55. The van der Waals surface area contributed by atoms with Gasteiger partial charge in [0.25, 0.3) is 5.91 Å². The third kappa shape index (κ3) is 2.64. The number of amides is 1. The lowest BCUT2D eigenvalue weighted by Gasteiger charge is -2.08. The van der Waals surface area contributed by atoms with Gasteiger partial charge in [-0.15, -0.1) is 0 Å². The molecule has 0 spiro atoms. The van der Waals surface area contributed by atoms with Crippen LogP contribution in [0.25, 0.3) is 0 Å². The minimum absolute atomic E-state index is 0.0787. The van der Waals surface area contributed by atoms with Crippen LogP contribution in [-0.4, -0.2) is 11.9 Å². The summed E-state index contributed by atoms with van der Waals surface area (Å²) in [5.74, 6) is -0.0787. The fourth-order valence-corrected chi connectivity index (χ4v) is 1.31. The van der Waals surface area contributed by atoms with Crippen molar-refractivity contribution in [2.75, 3.05) is 0 Å². The number of rotatable bonds is 3. The van der Waals surface area contributed by atoms with Crippen molar-refractivity contribution >= 4 is 17.2 Å². The molecule has 2 N–H and O–H groups in total. The van der Waals surface area contributed by atoms with E-state index in [1.165, 1.54) is 11.3 Å². The van der Waals surface area contributed by atoms with Gasteiger partial charge in [0.15, 0.2) is 0 Å². The predicted molar refractivity (Wildman–Crippen MR) is 50.1 cm³/mol. The van der Waals surface area contributed by atoms with Gasteiger partial charge in [-0.1, -0.05) is 0 Å². The summed E-state index contributed by atoms with van der Waals surface area (Å²) < 4.78 is 0. The van der Waals surface area contributed by atoms with Gasteiger partial charge in [-0.05, 0) is 25.3 Å². The summed E-state index contributed by atoms with van der Waals surface area (Å²) in [5, 5.41) is 3.70. The van der Waals surface area contributed by atoms with Gasteiger partial charge in [0.2, 0.25) is 0 Å². The molecule has 12 heavy (non-hydrogen) atoms. The van der Waals surface area contributed by atoms with Gasteiger partial charge in [-0.25, -0.2) is 5.43 Å². The molecular formula is C8H12N2OS. The molecule has 0 bridgehead atoms. The van der Waals surface area contributed by atoms with Crippen LogP contribution in [0.15, 0.2) is 16.8 Å². The molecule has 0 radical (unpaired) electrons. The smallest absolute Gasteiger partial charge is 0.266 e. The topological polar surface area (TPSA) is 41.1 Å². The van der Waals surface area contributed by atoms with Crippen molar-refractivity contribution in [1.82, 2.24) is 10.9 Å². The van der Waals surface area contributed by atoms with Crippen LogP contribution >= 0.6 is 11.3 Å². The summed E-state index contributed by atoms with van der Waals surface area (Å²) >= 11 is 1.51. The number of thiophene rings is 1. The summed E-state index contributed by atoms with van der Waals surface area (Å²) in [4.78, 5) is 11.2. The maximum absolute atomic E-state index is 11.2. The van der Waals surface area contributed by atoms with Crippen molar-refractivity contribution in [1.29, 1.82) is 0 Å². The number of carbonyl (C=O) groups is 1. The zero-order valence-corrected chi connectivity index (χ0v) is 7.94. The van der Waals surface area contributed by atoms with Gasteiger partial charge < -0.3 is 0 Å². The minimum Gasteiger partial charge on any atom is -0.287 e. The van der Waals surface area contributed by atoms with E-state index in [1.54, 1.807) is 6.07 Å². The third-order valence-corrected chi connectivity index (χ3v) is 1.94. The standard InChI is InChI=1S/C8H12N2OS/c1-6(2)9-10-8(11)7-3-4-12-5-7/h3-6,9H,1-2H3,(H,10,11). The third-order valence-electron chi connectivity index (χ3n) is 1.26. The maximum Gasteiger partial charge on any atom is 0.266 e. The van der Waals surface area contributed by atoms with Gasteiger partial charge in [0.05, 0.1) is 5.56 Å². The molecule has 3 nitrogen and oxygen atoms in total. The van der Waals surface area contributed by atoms with E-state index in [4.69, 9.17) is 0 Å². The summed E-state index contributed by atoms with van der Waals surface area (Å²) in [5.41, 5.74) is 6.14. The van der Waals surface area contributed by atoms with E-state index in [0.29, 0.717) is 5.56 Å². The normalized spacial score (nSPS) is 10.2. The minimum atomic E-state index is -0.0787. The first kappa shape index (κ1) is 9.22. The van der Waals surface area contributed by atoms with Crippen LogP contribution in [0.2, 0.25) is 0 Å². The van der Waals surface area contributed by atoms with Crippen LogP contribution in [0.4, 0.5) is 0 Å². The zero-order chi connectivity index (χ0) is 8.97. The molecule has 0 fully saturated rings. The van der Waals surface area contributed by atoms with Crippen LogP contribution in [0.1, 0.15) is 24.2 Å². The first-order chi connectivity index (χ1) is 5.70. The van der Waals surface area contributed by atoms with Crippen LogP contribution in [0, 0.1) is 0 Å². The SMILES string of the molecule is CC(C)NNC(=O)c1ccsc1. The lowest BCUT2D eigenvalue weighted by Crippen LogP contribution is -2.41. The van der Waals surface area contributed by atoms with E-state index < -0.39 is 0 Å². The Labute approximate surface area is 75.8 Å². The summed E-state index contributed by atoms with van der Waals surface area (Å²) in [6.07, 6.45) is 0. The van der Waals surface area contributed by atoms with Gasteiger partial charge in [0.1, 0.15) is 0 Å². The van der Waals surface area contributed by atoms with E-state index in [1.807, 2.05) is 24.6 Å². The molecule has 0 atom stereocenters. The molecule has 0 saturated heterocycles. The highest BCUT2D eigenvalue weighted by molar-refractivity contribution is 7.08. The highest BCUT2D eigenvalue weighted by atomic mass is 32.1. The largest absolute Gasteiger partial charge is 0.287 e. The van der Waals surface area contributed by atoms with Crippen molar-refractivity contribution in [3.05, 3.63) is 22.4 Å². The first-order valence-electron chi connectivity index (χ1n) is 3.78. The van der Waals surface area contributed by atoms with E-state index in [0.717, 1.165) is 0 Å². The van der Waals surface area contributed by atoms with Crippen molar-refractivity contribution in [3.8, 4) is 0 Å². The Bertz CT molecular complexity index is 244. The molecule has 0 aromatic carbocycles. The number of hydrazine groups is 1. The quantitative estimate of drug-likeness (QED) is 0.697. The van der Waals surface area contributed by atoms with E-state index in [-0.39, 0.29) is 11.9 Å². The summed E-state index contributed by atoms with van der Waals surface area (Å²) in [6, 6.07) is 2.05. The fraction of sp³-hybridized carbons (Fsp3) is 0.375. The Morgan fingerprint density at radius 1 is 1.58 bits per heavy atom. The number of hydrogen-bond acceptors (Lipinski definition) is 3. The monoisotopic (exact) mass is 184 g/mol. The summed E-state index contributed by atoms with van der Waals surface area (Å²) in [6.45, 7) is 3.93. The zero-order valence-electron chi connectivity index (χ0n) is 7.13. The molecule has 1 heterocycles. The van der Waals surface area contributed by atoms with E-state index in [2.05, 4.69) is 10.9 Å². The highest BCUT2D eigenvalue weighted by Gasteiger charge is 2.04. The molecule has 4 heteroatoms. The average molecular weight is 184 g/mol. The number of hydrogen-bond donors (Lipinski definition) is 2. The van der Waals surface area contributed by atoms with Crippen molar-refractivity contribution < 1.29 is 4.79 Å². The molecule has 1 amide bonds. The van der Waals surface area contributed by atoms with Crippen molar-refractivity contribution in [2.24, 2.45) is 0 Å². The number of carbonyl (C=O) groups excluding carboxylic acids is 1. The second kappa shape index (κ2) is 4.23. The van der Waals surface area contributed by atoms with Gasteiger partial charge in [-0.3, -0.25) is 10.2 Å². The van der Waals surface area contributed by atoms with Crippen LogP contribution in [0.3, 0.4) is 0 Å². The van der Waals surface area contributed by atoms with Crippen molar-refractivity contribution in [2.45, 2.75) is 19.9 Å². The lowest BCUT2D eigenvalue weighted by molar-refractivity contribution is 0.0928. The predicted octanol–water partition coefficient (Wildman–Crippen LogP) is 1.39. The molecule has 1 aromatic heterocycles. The van der Waals surface area contributed by atoms with Crippen LogP contribution in [-0.2, 0) is 0 Å². The van der Waals surface area contributed by atoms with Crippen LogP contribution in [0.5, 0.6) is 0 Å². The Morgan fingerprint density at radius 3 is 2.83 bits per heavy atom. The Morgan fingerprint density at radius 2 is 2.33 bits per heavy atom. The molecular weight excluding hydrogens is 172 g/mol. The molecule has 0 aliphatic heterocycles.